The molecule has 0 spiro atoms. The lowest BCUT2D eigenvalue weighted by atomic mass is 9.71. The molecule has 3 atom stereocenters. The lowest BCUT2D eigenvalue weighted by molar-refractivity contribution is -0.163. The standard InChI is InChI=1S/C20H24BrNO5/c1-12(21)9-14-10-27-11-17(23)18-20(26-4,13(14)2)19(24)22(18)15-5-7-16(25-3)8-6-15/h5-8,17-18,23H,1,9-11H2,2-4H3/b14-13-/t17-,18+,20-/m1/s1. The number of halogens is 1. The predicted octanol–water partition coefficient (Wildman–Crippen LogP) is 2.80. The number of aliphatic hydroxyl groups excluding tert-OH is 1. The molecule has 0 radical (unpaired) electrons. The van der Waals surface area contributed by atoms with Crippen LogP contribution in [0.1, 0.15) is 13.3 Å². The zero-order chi connectivity index (χ0) is 19.8. The monoisotopic (exact) mass is 437 g/mol. The fourth-order valence-electron chi connectivity index (χ4n) is 3.93. The number of aliphatic hydroxyl groups is 1. The number of carbonyl (C=O) groups excluding carboxylic acids is 1. The molecular weight excluding hydrogens is 414 g/mol. The van der Waals surface area contributed by atoms with Crippen LogP contribution in [-0.4, -0.2) is 56.2 Å². The van der Waals surface area contributed by atoms with Crippen molar-refractivity contribution in [1.29, 1.82) is 0 Å². The average Bonchev–Trinajstić information content (AvgIpc) is 2.65. The number of hydrogen-bond donors (Lipinski definition) is 1. The highest BCUT2D eigenvalue weighted by atomic mass is 79.9. The van der Waals surface area contributed by atoms with E-state index in [2.05, 4.69) is 22.5 Å². The van der Waals surface area contributed by atoms with Gasteiger partial charge in [0.2, 0.25) is 0 Å². The second-order valence-corrected chi connectivity index (χ2v) is 7.88. The molecule has 0 saturated carbocycles. The maximum absolute atomic E-state index is 13.3. The zero-order valence-corrected chi connectivity index (χ0v) is 17.3. The van der Waals surface area contributed by atoms with Crippen LogP contribution in [-0.2, 0) is 14.3 Å². The van der Waals surface area contributed by atoms with Crippen LogP contribution in [0.15, 0.2) is 46.5 Å². The van der Waals surface area contributed by atoms with Gasteiger partial charge in [-0.05, 0) is 46.8 Å². The highest BCUT2D eigenvalue weighted by Gasteiger charge is 2.66. The number of nitrogens with zero attached hydrogens (tertiary/aromatic N) is 1. The summed E-state index contributed by atoms with van der Waals surface area (Å²) in [4.78, 5) is 14.9. The number of β-lactam (4-membered cyclic amide) rings is 1. The quantitative estimate of drug-likeness (QED) is 0.566. The van der Waals surface area contributed by atoms with E-state index < -0.39 is 17.7 Å². The number of amides is 1. The minimum absolute atomic E-state index is 0.112. The van der Waals surface area contributed by atoms with Crippen LogP contribution in [0.25, 0.3) is 0 Å². The summed E-state index contributed by atoms with van der Waals surface area (Å²) in [5, 5.41) is 10.8. The molecule has 146 valence electrons. The minimum atomic E-state index is -1.21. The van der Waals surface area contributed by atoms with Crippen molar-refractivity contribution in [3.63, 3.8) is 0 Å². The van der Waals surface area contributed by atoms with Gasteiger partial charge in [0.05, 0.1) is 20.3 Å². The van der Waals surface area contributed by atoms with Crippen molar-refractivity contribution in [1.82, 2.24) is 0 Å². The number of allylic oxidation sites excluding steroid dienone is 1. The Kier molecular flexibility index (Phi) is 5.76. The summed E-state index contributed by atoms with van der Waals surface area (Å²) in [7, 11) is 3.10. The molecule has 2 heterocycles. The number of benzene rings is 1. The van der Waals surface area contributed by atoms with Crippen molar-refractivity contribution in [2.75, 3.05) is 32.3 Å². The van der Waals surface area contributed by atoms with Crippen molar-refractivity contribution in [2.24, 2.45) is 0 Å². The summed E-state index contributed by atoms with van der Waals surface area (Å²) in [5.74, 6) is 0.497. The third-order valence-corrected chi connectivity index (χ3v) is 5.61. The maximum atomic E-state index is 13.3. The van der Waals surface area contributed by atoms with E-state index >= 15 is 0 Å². The van der Waals surface area contributed by atoms with Crippen molar-refractivity contribution >= 4 is 27.5 Å². The van der Waals surface area contributed by atoms with Crippen LogP contribution in [0.5, 0.6) is 5.75 Å². The second-order valence-electron chi connectivity index (χ2n) is 6.76. The van der Waals surface area contributed by atoms with E-state index in [1.54, 1.807) is 36.3 Å². The smallest absolute Gasteiger partial charge is 0.266 e. The topological polar surface area (TPSA) is 68.2 Å². The van der Waals surface area contributed by atoms with Crippen LogP contribution < -0.4 is 9.64 Å². The molecule has 1 saturated heterocycles. The van der Waals surface area contributed by atoms with Gasteiger partial charge < -0.3 is 19.3 Å². The Morgan fingerprint density at radius 3 is 2.63 bits per heavy atom. The molecule has 6 nitrogen and oxygen atoms in total. The van der Waals surface area contributed by atoms with Gasteiger partial charge >= 0.3 is 0 Å². The van der Waals surface area contributed by atoms with Gasteiger partial charge in [0.15, 0.2) is 5.60 Å². The fourth-order valence-corrected chi connectivity index (χ4v) is 4.27. The first-order valence-corrected chi connectivity index (χ1v) is 9.47. The molecule has 3 rings (SSSR count). The van der Waals surface area contributed by atoms with E-state index in [4.69, 9.17) is 14.2 Å². The average molecular weight is 438 g/mol. The molecule has 0 aromatic heterocycles. The van der Waals surface area contributed by atoms with E-state index in [1.807, 2.05) is 6.92 Å². The Morgan fingerprint density at radius 2 is 2.07 bits per heavy atom. The number of methoxy groups -OCH3 is 2. The summed E-state index contributed by atoms with van der Waals surface area (Å²) < 4.78 is 17.4. The lowest BCUT2D eigenvalue weighted by Gasteiger charge is -2.57. The van der Waals surface area contributed by atoms with Crippen LogP contribution in [0.3, 0.4) is 0 Å². The van der Waals surface area contributed by atoms with Gasteiger partial charge in [0.1, 0.15) is 17.9 Å². The predicted molar refractivity (Wildman–Crippen MR) is 106 cm³/mol. The van der Waals surface area contributed by atoms with Gasteiger partial charge in [-0.1, -0.05) is 22.5 Å². The second kappa shape index (κ2) is 7.75. The van der Waals surface area contributed by atoms with E-state index in [-0.39, 0.29) is 12.5 Å². The number of anilines is 1. The molecule has 1 N–H and O–H groups in total. The SMILES string of the molecule is C=C(Br)C/C1=C(\C)[C@]2(OC)C(=O)N(c3ccc(OC)cc3)[C@H]2[C@H](O)COC1. The minimum Gasteiger partial charge on any atom is -0.497 e. The van der Waals surface area contributed by atoms with Crippen LogP contribution in [0.4, 0.5) is 5.69 Å². The van der Waals surface area contributed by atoms with Gasteiger partial charge in [0, 0.05) is 19.2 Å². The first-order chi connectivity index (χ1) is 12.9. The van der Waals surface area contributed by atoms with E-state index in [0.29, 0.717) is 24.5 Å². The highest BCUT2D eigenvalue weighted by Crippen LogP contribution is 2.47. The molecule has 1 amide bonds. The summed E-state index contributed by atoms with van der Waals surface area (Å²) >= 11 is 3.38. The molecule has 7 heteroatoms. The third kappa shape index (κ3) is 3.23. The first-order valence-electron chi connectivity index (χ1n) is 8.67. The Hall–Kier alpha value is -1.67. The maximum Gasteiger partial charge on any atom is 0.266 e. The zero-order valence-electron chi connectivity index (χ0n) is 15.7. The molecule has 2 aliphatic heterocycles. The number of hydrogen-bond acceptors (Lipinski definition) is 5. The van der Waals surface area contributed by atoms with Crippen molar-refractivity contribution < 1.29 is 24.1 Å². The Morgan fingerprint density at radius 1 is 1.41 bits per heavy atom. The lowest BCUT2D eigenvalue weighted by Crippen LogP contribution is -2.80. The van der Waals surface area contributed by atoms with E-state index in [0.717, 1.165) is 15.6 Å². The van der Waals surface area contributed by atoms with Crippen LogP contribution in [0.2, 0.25) is 0 Å². The van der Waals surface area contributed by atoms with E-state index in [1.165, 1.54) is 7.11 Å². The van der Waals surface area contributed by atoms with Crippen molar-refractivity contribution in [3.8, 4) is 5.75 Å². The Labute approximate surface area is 167 Å². The number of carbonyl (C=O) groups is 1. The van der Waals surface area contributed by atoms with Gasteiger partial charge in [-0.15, -0.1) is 0 Å². The highest BCUT2D eigenvalue weighted by molar-refractivity contribution is 9.11. The molecule has 27 heavy (non-hydrogen) atoms. The van der Waals surface area contributed by atoms with Crippen LogP contribution >= 0.6 is 15.9 Å². The van der Waals surface area contributed by atoms with Crippen molar-refractivity contribution in [3.05, 3.63) is 46.5 Å². The number of rotatable bonds is 5. The summed E-state index contributed by atoms with van der Waals surface area (Å²) in [6.07, 6.45) is -0.330. The van der Waals surface area contributed by atoms with Gasteiger partial charge in [-0.2, -0.15) is 0 Å². The van der Waals surface area contributed by atoms with Gasteiger partial charge in [0.25, 0.3) is 5.91 Å². The molecule has 0 unspecified atom stereocenters. The molecule has 1 aromatic rings. The summed E-state index contributed by atoms with van der Waals surface area (Å²) in [5.41, 5.74) is 1.17. The molecular formula is C20H24BrNO5. The fraction of sp³-hybridized carbons (Fsp3) is 0.450. The molecule has 0 aliphatic carbocycles. The summed E-state index contributed by atoms with van der Waals surface area (Å²) in [6, 6.07) is 6.57. The van der Waals surface area contributed by atoms with Gasteiger partial charge in [-0.3, -0.25) is 9.69 Å². The van der Waals surface area contributed by atoms with Gasteiger partial charge in [-0.25, -0.2) is 0 Å². The number of fused-ring (bicyclic) bond motifs is 1. The largest absolute Gasteiger partial charge is 0.497 e. The molecule has 1 aromatic carbocycles. The molecule has 0 bridgehead atoms. The Bertz CT molecular complexity index is 775. The summed E-state index contributed by atoms with van der Waals surface area (Å²) in [6.45, 7) is 6.19. The first kappa shape index (κ1) is 20.1. The normalized spacial score (nSPS) is 30.9. The van der Waals surface area contributed by atoms with Crippen LogP contribution in [0, 0.1) is 0 Å². The Balaban J connectivity index is 2.06. The molecule has 1 fully saturated rings. The van der Waals surface area contributed by atoms with Crippen molar-refractivity contribution in [2.45, 2.75) is 31.1 Å². The number of ether oxygens (including phenoxy) is 3. The third-order valence-electron chi connectivity index (χ3n) is 5.33. The van der Waals surface area contributed by atoms with E-state index in [9.17, 15) is 9.90 Å². The molecule has 2 aliphatic rings.